The quantitative estimate of drug-likeness (QED) is 0.309. The van der Waals surface area contributed by atoms with Crippen LogP contribution in [-0.2, 0) is 0 Å². The molecule has 5 N–H and O–H groups in total. The molecule has 0 bridgehead atoms. The third kappa shape index (κ3) is 5.63. The van der Waals surface area contributed by atoms with E-state index in [0.717, 1.165) is 12.8 Å². The lowest BCUT2D eigenvalue weighted by molar-refractivity contribution is 0.0674. The number of rotatable bonds is 9. The number of anilines is 1. The highest BCUT2D eigenvalue weighted by atomic mass is 35.5. The zero-order chi connectivity index (χ0) is 23.5. The summed E-state index contributed by atoms with van der Waals surface area (Å²) in [5.74, 6) is -0.257. The maximum absolute atomic E-state index is 12.9. The maximum atomic E-state index is 12.9. The van der Waals surface area contributed by atoms with E-state index < -0.39 is 5.60 Å². The van der Waals surface area contributed by atoms with Crippen LogP contribution in [0.4, 0.5) is 5.69 Å². The molecule has 0 saturated heterocycles. The van der Waals surface area contributed by atoms with Crippen molar-refractivity contribution in [2.24, 2.45) is 0 Å². The van der Waals surface area contributed by atoms with Crippen LogP contribution >= 0.6 is 11.6 Å². The van der Waals surface area contributed by atoms with Gasteiger partial charge in [0.25, 0.3) is 5.91 Å². The lowest BCUT2D eigenvalue weighted by Gasteiger charge is -2.19. The Bertz CT molecular complexity index is 1140. The van der Waals surface area contributed by atoms with Gasteiger partial charge in [0, 0.05) is 35.6 Å². The molecule has 3 aromatic rings. The van der Waals surface area contributed by atoms with Crippen molar-refractivity contribution in [3.63, 3.8) is 0 Å². The number of carbonyl (C=O) groups is 1. The zero-order valence-electron chi connectivity index (χ0n) is 18.7. The van der Waals surface area contributed by atoms with Gasteiger partial charge >= 0.3 is 0 Å². The molecule has 1 unspecified atom stereocenters. The Morgan fingerprint density at radius 2 is 2.09 bits per heavy atom. The highest BCUT2D eigenvalue weighted by Crippen LogP contribution is 2.24. The minimum absolute atomic E-state index is 0.0588. The second kappa shape index (κ2) is 9.67. The smallest absolute Gasteiger partial charge is 0.255 e. The molecule has 170 valence electrons. The van der Waals surface area contributed by atoms with E-state index in [2.05, 4.69) is 25.6 Å². The van der Waals surface area contributed by atoms with E-state index in [1.807, 2.05) is 6.92 Å². The minimum Gasteiger partial charge on any atom is -0.390 e. The lowest BCUT2D eigenvalue weighted by Crippen LogP contribution is -2.33. The summed E-state index contributed by atoms with van der Waals surface area (Å²) >= 11 is 6.06. The standard InChI is InChI=1S/C23H29ClN6O2/c1-13(6-5-9-23(2,3)32)29-22(31)16-11-27-21-20(16)30-18(12-28-21)19(25)15-8-7-14(24)10-17(15)26-4/h7-8,10-13,25-26,32H,5-6,9H2,1-4H3,(H,27,28)(H,29,31). The SMILES string of the molecule is CNc1cc(Cl)ccc1C(=N)c1cnc2[nH]cc(C(=O)NC(C)CCCC(C)(C)O)c2n1. The van der Waals surface area contributed by atoms with Gasteiger partial charge in [-0.25, -0.2) is 9.97 Å². The number of hydrogen-bond donors (Lipinski definition) is 5. The molecule has 0 radical (unpaired) electrons. The van der Waals surface area contributed by atoms with Gasteiger partial charge in [0.15, 0.2) is 5.65 Å². The van der Waals surface area contributed by atoms with Gasteiger partial charge in [-0.15, -0.1) is 0 Å². The molecule has 32 heavy (non-hydrogen) atoms. The van der Waals surface area contributed by atoms with E-state index in [4.69, 9.17) is 17.0 Å². The molecule has 2 heterocycles. The summed E-state index contributed by atoms with van der Waals surface area (Å²) in [5, 5.41) is 25.0. The summed E-state index contributed by atoms with van der Waals surface area (Å²) in [6, 6.07) is 5.15. The number of benzene rings is 1. The van der Waals surface area contributed by atoms with Gasteiger partial charge < -0.3 is 20.7 Å². The van der Waals surface area contributed by atoms with Crippen LogP contribution in [0.25, 0.3) is 11.2 Å². The van der Waals surface area contributed by atoms with E-state index in [1.165, 1.54) is 6.20 Å². The van der Waals surface area contributed by atoms with Gasteiger partial charge in [-0.1, -0.05) is 11.6 Å². The van der Waals surface area contributed by atoms with E-state index in [1.54, 1.807) is 45.3 Å². The first-order valence-corrected chi connectivity index (χ1v) is 10.9. The fourth-order valence-corrected chi connectivity index (χ4v) is 3.65. The van der Waals surface area contributed by atoms with E-state index >= 15 is 0 Å². The number of aliphatic hydroxyl groups is 1. The van der Waals surface area contributed by atoms with Crippen LogP contribution in [0.3, 0.4) is 0 Å². The maximum Gasteiger partial charge on any atom is 0.255 e. The Hall–Kier alpha value is -2.97. The van der Waals surface area contributed by atoms with Crippen molar-refractivity contribution in [1.82, 2.24) is 20.3 Å². The first-order valence-electron chi connectivity index (χ1n) is 10.5. The normalized spacial score (nSPS) is 12.6. The van der Waals surface area contributed by atoms with Gasteiger partial charge in [-0.2, -0.15) is 0 Å². The third-order valence-electron chi connectivity index (χ3n) is 5.21. The molecular formula is C23H29ClN6O2. The Kier molecular flexibility index (Phi) is 7.16. The average molecular weight is 457 g/mol. The van der Waals surface area contributed by atoms with Gasteiger partial charge in [-0.05, 0) is 58.2 Å². The number of nitrogens with zero attached hydrogens (tertiary/aromatic N) is 2. The van der Waals surface area contributed by atoms with Crippen molar-refractivity contribution >= 4 is 40.1 Å². The van der Waals surface area contributed by atoms with E-state index in [9.17, 15) is 9.90 Å². The zero-order valence-corrected chi connectivity index (χ0v) is 19.5. The molecule has 0 spiro atoms. The number of H-pyrrole nitrogens is 1. The average Bonchev–Trinajstić information content (AvgIpc) is 3.15. The fourth-order valence-electron chi connectivity index (χ4n) is 3.48. The summed E-state index contributed by atoms with van der Waals surface area (Å²) in [6.45, 7) is 5.49. The monoisotopic (exact) mass is 456 g/mol. The summed E-state index contributed by atoms with van der Waals surface area (Å²) in [5.41, 5.74) is 2.41. The molecule has 2 aromatic heterocycles. The lowest BCUT2D eigenvalue weighted by atomic mass is 10.00. The Morgan fingerprint density at radius 3 is 2.78 bits per heavy atom. The molecule has 0 fully saturated rings. The van der Waals surface area contributed by atoms with Crippen molar-refractivity contribution in [3.05, 3.63) is 52.4 Å². The molecule has 8 nitrogen and oxygen atoms in total. The van der Waals surface area contributed by atoms with Gasteiger partial charge in [0.2, 0.25) is 0 Å². The molecule has 0 aliphatic carbocycles. The van der Waals surface area contributed by atoms with E-state index in [-0.39, 0.29) is 17.7 Å². The Labute approximate surface area is 192 Å². The number of carbonyl (C=O) groups excluding carboxylic acids is 1. The molecule has 1 amide bonds. The van der Waals surface area contributed by atoms with Crippen molar-refractivity contribution in [2.45, 2.75) is 51.7 Å². The molecule has 1 atom stereocenters. The summed E-state index contributed by atoms with van der Waals surface area (Å²) in [6.07, 6.45) is 5.31. The third-order valence-corrected chi connectivity index (χ3v) is 5.44. The number of aromatic nitrogens is 3. The van der Waals surface area contributed by atoms with Gasteiger partial charge in [-0.3, -0.25) is 10.2 Å². The molecule has 0 saturated carbocycles. The number of nitrogens with one attached hydrogen (secondary N) is 4. The van der Waals surface area contributed by atoms with Crippen LogP contribution in [0.1, 0.15) is 61.6 Å². The van der Waals surface area contributed by atoms with Crippen LogP contribution in [0.5, 0.6) is 0 Å². The molecule has 1 aromatic carbocycles. The van der Waals surface area contributed by atoms with Crippen LogP contribution in [-0.4, -0.2) is 50.4 Å². The van der Waals surface area contributed by atoms with Crippen molar-refractivity contribution in [1.29, 1.82) is 5.41 Å². The van der Waals surface area contributed by atoms with Gasteiger partial charge in [0.1, 0.15) is 11.2 Å². The number of fused-ring (bicyclic) bond motifs is 1. The Morgan fingerprint density at radius 1 is 1.34 bits per heavy atom. The van der Waals surface area contributed by atoms with Crippen LogP contribution in [0.15, 0.2) is 30.6 Å². The topological polar surface area (TPSA) is 127 Å². The summed E-state index contributed by atoms with van der Waals surface area (Å²) in [4.78, 5) is 24.7. The van der Waals surface area contributed by atoms with Crippen molar-refractivity contribution in [3.8, 4) is 0 Å². The molecule has 0 aliphatic heterocycles. The minimum atomic E-state index is -0.714. The molecule has 9 heteroatoms. The first-order chi connectivity index (χ1) is 15.1. The van der Waals surface area contributed by atoms with Crippen molar-refractivity contribution < 1.29 is 9.90 Å². The van der Waals surface area contributed by atoms with E-state index in [0.29, 0.717) is 45.1 Å². The number of aromatic amines is 1. The molecular weight excluding hydrogens is 428 g/mol. The Balaban J connectivity index is 1.80. The fraction of sp³-hybridized carbons (Fsp3) is 0.391. The largest absolute Gasteiger partial charge is 0.390 e. The van der Waals surface area contributed by atoms with Crippen LogP contribution in [0.2, 0.25) is 5.02 Å². The summed E-state index contributed by atoms with van der Waals surface area (Å²) < 4.78 is 0. The van der Waals surface area contributed by atoms with Gasteiger partial charge in [0.05, 0.1) is 23.1 Å². The first kappa shape index (κ1) is 23.7. The highest BCUT2D eigenvalue weighted by molar-refractivity contribution is 6.31. The second-order valence-corrected chi connectivity index (χ2v) is 8.99. The summed E-state index contributed by atoms with van der Waals surface area (Å²) in [7, 11) is 1.76. The molecule has 3 rings (SSSR count). The predicted molar refractivity (Wildman–Crippen MR) is 128 cm³/mol. The van der Waals surface area contributed by atoms with Crippen molar-refractivity contribution in [2.75, 3.05) is 12.4 Å². The number of hydrogen-bond acceptors (Lipinski definition) is 6. The predicted octanol–water partition coefficient (Wildman–Crippen LogP) is 4.13. The second-order valence-electron chi connectivity index (χ2n) is 8.55. The highest BCUT2D eigenvalue weighted by Gasteiger charge is 2.19. The van der Waals surface area contributed by atoms with Crippen LogP contribution in [0, 0.1) is 5.41 Å². The number of halogens is 1. The molecule has 0 aliphatic rings. The van der Waals surface area contributed by atoms with Crippen LogP contribution < -0.4 is 10.6 Å². The number of amides is 1.